The zero-order valence-corrected chi connectivity index (χ0v) is 16.6. The van der Waals surface area contributed by atoms with Crippen molar-refractivity contribution >= 4 is 11.6 Å². The highest BCUT2D eigenvalue weighted by Gasteiger charge is 2.40. The molecule has 1 heterocycles. The monoisotopic (exact) mass is 393 g/mol. The van der Waals surface area contributed by atoms with E-state index in [2.05, 4.69) is 32.4 Å². The van der Waals surface area contributed by atoms with Crippen LogP contribution in [0, 0.1) is 5.92 Å². The molecule has 1 atom stereocenters. The number of alkyl halides is 3. The van der Waals surface area contributed by atoms with Gasteiger partial charge in [0.15, 0.2) is 5.69 Å². The van der Waals surface area contributed by atoms with Crippen LogP contribution in [-0.2, 0) is 13.2 Å². The van der Waals surface area contributed by atoms with Crippen LogP contribution in [0.5, 0.6) is 0 Å². The normalized spacial score (nSPS) is 12.9. The van der Waals surface area contributed by atoms with Gasteiger partial charge in [0.05, 0.1) is 5.56 Å². The molecule has 0 bridgehead atoms. The highest BCUT2D eigenvalue weighted by molar-refractivity contribution is 6.07. The zero-order valence-electron chi connectivity index (χ0n) is 16.6. The van der Waals surface area contributed by atoms with E-state index in [0.717, 1.165) is 22.9 Å². The maximum absolute atomic E-state index is 13.4. The Morgan fingerprint density at radius 2 is 1.93 bits per heavy atom. The number of hydrogen-bond donors (Lipinski definition) is 0. The van der Waals surface area contributed by atoms with E-state index in [1.165, 1.54) is 18.0 Å². The van der Waals surface area contributed by atoms with E-state index in [1.54, 1.807) is 12.1 Å². The van der Waals surface area contributed by atoms with Gasteiger partial charge in [0.25, 0.3) is 5.91 Å². The van der Waals surface area contributed by atoms with Crippen LogP contribution in [0.3, 0.4) is 0 Å². The third-order valence-electron chi connectivity index (χ3n) is 4.47. The summed E-state index contributed by atoms with van der Waals surface area (Å²) in [5.41, 5.74) is -0.133. The molecule has 0 fully saturated rings. The first-order chi connectivity index (χ1) is 13.1. The number of aryl methyl sites for hydroxylation is 1. The van der Waals surface area contributed by atoms with Crippen molar-refractivity contribution in [2.45, 2.75) is 39.3 Å². The number of hydrogen-bond acceptors (Lipinski definition) is 2. The van der Waals surface area contributed by atoms with Gasteiger partial charge in [0.2, 0.25) is 0 Å². The van der Waals surface area contributed by atoms with E-state index < -0.39 is 23.3 Å². The fourth-order valence-electron chi connectivity index (χ4n) is 3.40. The van der Waals surface area contributed by atoms with Gasteiger partial charge in [-0.1, -0.05) is 45.0 Å². The molecule has 0 radical (unpaired) electrons. The second-order valence-electron chi connectivity index (χ2n) is 7.36. The zero-order chi connectivity index (χ0) is 21.1. The van der Waals surface area contributed by atoms with Crippen molar-refractivity contribution in [3.8, 4) is 0 Å². The summed E-state index contributed by atoms with van der Waals surface area (Å²) >= 11 is 0. The number of amides is 1. The van der Waals surface area contributed by atoms with E-state index in [0.29, 0.717) is 11.6 Å². The highest BCUT2D eigenvalue weighted by atomic mass is 19.4. The fraction of sp³-hybridized carbons (Fsp3) is 0.429. The number of nitrogens with zero attached hydrogens (tertiary/aromatic N) is 3. The Hall–Kier alpha value is -2.57. The van der Waals surface area contributed by atoms with E-state index >= 15 is 0 Å². The molecule has 0 spiro atoms. The fourth-order valence-corrected chi connectivity index (χ4v) is 3.40. The van der Waals surface area contributed by atoms with Crippen LogP contribution in [0.25, 0.3) is 0 Å². The number of para-hydroxylation sites is 1. The molecular formula is C21H26F3N3O. The van der Waals surface area contributed by atoms with Crippen LogP contribution < -0.4 is 4.90 Å². The molecule has 0 N–H and O–H groups in total. The van der Waals surface area contributed by atoms with Gasteiger partial charge in [-0.2, -0.15) is 18.3 Å². The van der Waals surface area contributed by atoms with Crippen LogP contribution >= 0.6 is 0 Å². The van der Waals surface area contributed by atoms with Crippen LogP contribution in [0.1, 0.15) is 54.7 Å². The summed E-state index contributed by atoms with van der Waals surface area (Å²) in [6, 6.07) is 7.33. The molecule has 0 saturated heterocycles. The number of aromatic nitrogens is 2. The summed E-state index contributed by atoms with van der Waals surface area (Å²) in [6.45, 7) is 10.0. The highest BCUT2D eigenvalue weighted by Crippen LogP contribution is 2.35. The quantitative estimate of drug-likeness (QED) is 0.589. The molecule has 1 aromatic heterocycles. The van der Waals surface area contributed by atoms with Crippen molar-refractivity contribution in [2.75, 3.05) is 11.4 Å². The molecule has 0 saturated carbocycles. The number of benzene rings is 1. The van der Waals surface area contributed by atoms with Gasteiger partial charge in [-0.15, -0.1) is 6.58 Å². The maximum Gasteiger partial charge on any atom is 0.435 e. The van der Waals surface area contributed by atoms with Gasteiger partial charge in [0, 0.05) is 25.5 Å². The average molecular weight is 393 g/mol. The molecular weight excluding hydrogens is 367 g/mol. The largest absolute Gasteiger partial charge is 0.435 e. The smallest absolute Gasteiger partial charge is 0.304 e. The van der Waals surface area contributed by atoms with Crippen molar-refractivity contribution < 1.29 is 18.0 Å². The molecule has 0 aliphatic rings. The number of rotatable bonds is 7. The molecule has 2 rings (SSSR count). The van der Waals surface area contributed by atoms with Gasteiger partial charge in [0.1, 0.15) is 0 Å². The van der Waals surface area contributed by atoms with E-state index in [9.17, 15) is 18.0 Å². The predicted octanol–water partition coefficient (Wildman–Crippen LogP) is 5.42. The second-order valence-corrected chi connectivity index (χ2v) is 7.36. The third-order valence-corrected chi connectivity index (χ3v) is 4.47. The molecule has 0 aliphatic heterocycles. The first-order valence-electron chi connectivity index (χ1n) is 9.18. The minimum Gasteiger partial charge on any atom is -0.304 e. The average Bonchev–Trinajstić information content (AvgIpc) is 3.01. The summed E-state index contributed by atoms with van der Waals surface area (Å²) in [5, 5.41) is 3.45. The molecule has 1 unspecified atom stereocenters. The number of halogens is 3. The number of anilines is 1. The van der Waals surface area contributed by atoms with Gasteiger partial charge >= 0.3 is 6.18 Å². The molecule has 152 valence electrons. The summed E-state index contributed by atoms with van der Waals surface area (Å²) in [5.74, 6) is -0.154. The topological polar surface area (TPSA) is 38.1 Å². The lowest BCUT2D eigenvalue weighted by molar-refractivity contribution is -0.141. The molecule has 7 heteroatoms. The third kappa shape index (κ3) is 4.82. The van der Waals surface area contributed by atoms with Crippen LogP contribution in [0.15, 0.2) is 43.1 Å². The second kappa shape index (κ2) is 8.63. The summed E-state index contributed by atoms with van der Waals surface area (Å²) in [4.78, 5) is 14.5. The first kappa shape index (κ1) is 21.7. The lowest BCUT2D eigenvalue weighted by Crippen LogP contribution is -2.33. The molecule has 1 amide bonds. The van der Waals surface area contributed by atoms with Crippen molar-refractivity contribution in [1.82, 2.24) is 9.78 Å². The Labute approximate surface area is 163 Å². The Balaban J connectivity index is 2.53. The Kier molecular flexibility index (Phi) is 6.69. The molecule has 1 aromatic carbocycles. The molecule has 0 aliphatic carbocycles. The van der Waals surface area contributed by atoms with Crippen molar-refractivity contribution in [2.24, 2.45) is 13.0 Å². The lowest BCUT2D eigenvalue weighted by atomic mass is 9.90. The van der Waals surface area contributed by atoms with Crippen LogP contribution in [0.4, 0.5) is 18.9 Å². The van der Waals surface area contributed by atoms with Crippen molar-refractivity contribution in [3.63, 3.8) is 0 Å². The van der Waals surface area contributed by atoms with E-state index in [1.807, 2.05) is 12.1 Å². The Morgan fingerprint density at radius 1 is 1.29 bits per heavy atom. The minimum atomic E-state index is -4.71. The Morgan fingerprint density at radius 3 is 2.50 bits per heavy atom. The van der Waals surface area contributed by atoms with Crippen molar-refractivity contribution in [1.29, 1.82) is 0 Å². The minimum absolute atomic E-state index is 0.0937. The first-order valence-corrected chi connectivity index (χ1v) is 9.18. The lowest BCUT2D eigenvalue weighted by Gasteiger charge is -2.27. The van der Waals surface area contributed by atoms with E-state index in [4.69, 9.17) is 0 Å². The van der Waals surface area contributed by atoms with Crippen LogP contribution in [-0.4, -0.2) is 22.2 Å². The van der Waals surface area contributed by atoms with Crippen molar-refractivity contribution in [3.05, 3.63) is 59.9 Å². The molecule has 4 nitrogen and oxygen atoms in total. The SMILES string of the molecule is C=CCN(C(=O)c1cn(C)nc1C(F)(F)F)c1ccccc1C(C)CC(C)C. The van der Waals surface area contributed by atoms with Gasteiger partial charge < -0.3 is 4.90 Å². The van der Waals surface area contributed by atoms with Gasteiger partial charge in [-0.3, -0.25) is 9.48 Å². The summed E-state index contributed by atoms with van der Waals surface area (Å²) in [7, 11) is 1.36. The predicted molar refractivity (Wildman–Crippen MR) is 104 cm³/mol. The summed E-state index contributed by atoms with van der Waals surface area (Å²) in [6.07, 6.45) is -1.20. The molecule has 2 aromatic rings. The standard InChI is InChI=1S/C21H26F3N3O/c1-6-11-27(18-10-8-7-9-16(18)15(4)12-14(2)3)20(28)17-13-26(5)25-19(17)21(22,23)24/h6-10,13-15H,1,11-12H2,2-5H3. The number of carbonyl (C=O) groups excluding carboxylic acids is 1. The van der Waals surface area contributed by atoms with Gasteiger partial charge in [-0.25, -0.2) is 0 Å². The number of carbonyl (C=O) groups is 1. The summed E-state index contributed by atoms with van der Waals surface area (Å²) < 4.78 is 41.1. The van der Waals surface area contributed by atoms with Gasteiger partial charge in [-0.05, 0) is 29.9 Å². The maximum atomic E-state index is 13.4. The van der Waals surface area contributed by atoms with E-state index in [-0.39, 0.29) is 12.5 Å². The Bertz CT molecular complexity index is 840. The molecule has 28 heavy (non-hydrogen) atoms. The van der Waals surface area contributed by atoms with Crippen LogP contribution in [0.2, 0.25) is 0 Å².